The van der Waals surface area contributed by atoms with E-state index in [0.29, 0.717) is 5.56 Å². The third-order valence-electron chi connectivity index (χ3n) is 6.32. The van der Waals surface area contributed by atoms with Crippen molar-refractivity contribution in [3.63, 3.8) is 0 Å². The van der Waals surface area contributed by atoms with E-state index in [0.717, 1.165) is 25.7 Å². The van der Waals surface area contributed by atoms with Crippen LogP contribution in [0.2, 0.25) is 0 Å². The van der Waals surface area contributed by atoms with Crippen molar-refractivity contribution in [1.82, 2.24) is 19.6 Å². The second kappa shape index (κ2) is 6.93. The molecule has 0 spiro atoms. The van der Waals surface area contributed by atoms with Gasteiger partial charge in [0.25, 0.3) is 5.91 Å². The number of carbonyl (C=O) groups excluding carboxylic acids is 2. The molecule has 7 heteroatoms. The van der Waals surface area contributed by atoms with Crippen LogP contribution >= 0.6 is 0 Å². The maximum Gasteiger partial charge on any atom is 0.327 e. The molecule has 1 N–H and O–H groups in total. The Kier molecular flexibility index (Phi) is 5.10. The molecule has 3 amide bonds. The monoisotopic (exact) mass is 376 g/mol. The van der Waals surface area contributed by atoms with Crippen molar-refractivity contribution in [2.24, 2.45) is 5.92 Å². The standard InChI is InChI=1S/C20H32N4O3/c1-19(2,3)24-12-14(11-21-24)16(25)13-23-17(26)20(4,22(5)18(23)27)15-9-7-6-8-10-15/h11-12,15-16,25H,6-10,13H2,1-5H3. The number of aromatic nitrogens is 2. The average Bonchev–Trinajstić information content (AvgIpc) is 3.19. The Morgan fingerprint density at radius 2 is 1.89 bits per heavy atom. The number of urea groups is 1. The summed E-state index contributed by atoms with van der Waals surface area (Å²) in [6.45, 7) is 7.91. The first-order chi connectivity index (χ1) is 12.6. The lowest BCUT2D eigenvalue weighted by Crippen LogP contribution is -2.52. The predicted molar refractivity (Wildman–Crippen MR) is 102 cm³/mol. The molecule has 150 valence electrons. The molecule has 1 saturated carbocycles. The molecule has 2 heterocycles. The van der Waals surface area contributed by atoms with Crippen LogP contribution in [0, 0.1) is 5.92 Å². The van der Waals surface area contributed by atoms with Gasteiger partial charge in [0, 0.05) is 18.8 Å². The normalized spacial score (nSPS) is 26.1. The van der Waals surface area contributed by atoms with E-state index < -0.39 is 11.6 Å². The van der Waals surface area contributed by atoms with Crippen molar-refractivity contribution in [2.75, 3.05) is 13.6 Å². The van der Waals surface area contributed by atoms with Gasteiger partial charge in [-0.15, -0.1) is 0 Å². The van der Waals surface area contributed by atoms with Crippen LogP contribution in [0.5, 0.6) is 0 Å². The molecule has 2 fully saturated rings. The Bertz CT molecular complexity index is 717. The van der Waals surface area contributed by atoms with E-state index in [9.17, 15) is 14.7 Å². The second-order valence-electron chi connectivity index (χ2n) is 9.14. The Morgan fingerprint density at radius 1 is 1.26 bits per heavy atom. The number of aliphatic hydroxyl groups excluding tert-OH is 1. The Labute approximate surface area is 161 Å². The van der Waals surface area contributed by atoms with E-state index in [1.165, 1.54) is 11.3 Å². The summed E-state index contributed by atoms with van der Waals surface area (Å²) in [5, 5.41) is 14.9. The molecule has 1 saturated heterocycles. The molecule has 1 aliphatic carbocycles. The van der Waals surface area contributed by atoms with Gasteiger partial charge in [-0.25, -0.2) is 4.79 Å². The van der Waals surface area contributed by atoms with Gasteiger partial charge in [0.05, 0.1) is 18.3 Å². The first-order valence-corrected chi connectivity index (χ1v) is 9.89. The summed E-state index contributed by atoms with van der Waals surface area (Å²) in [5.74, 6) is -0.0114. The summed E-state index contributed by atoms with van der Waals surface area (Å²) in [4.78, 5) is 28.8. The molecule has 3 rings (SSSR count). The van der Waals surface area contributed by atoms with Crippen LogP contribution in [0.1, 0.15) is 71.5 Å². The summed E-state index contributed by atoms with van der Waals surface area (Å²) in [6, 6.07) is -0.324. The fraction of sp³-hybridized carbons (Fsp3) is 0.750. The Hall–Kier alpha value is -1.89. The minimum absolute atomic E-state index is 0.0415. The minimum atomic E-state index is -0.948. The molecule has 7 nitrogen and oxygen atoms in total. The zero-order chi connectivity index (χ0) is 20.0. The summed E-state index contributed by atoms with van der Waals surface area (Å²) < 4.78 is 1.78. The van der Waals surface area contributed by atoms with Crippen molar-refractivity contribution in [3.05, 3.63) is 18.0 Å². The van der Waals surface area contributed by atoms with Gasteiger partial charge in [-0.1, -0.05) is 19.3 Å². The Balaban J connectivity index is 1.77. The van der Waals surface area contributed by atoms with Gasteiger partial charge in [-0.05, 0) is 46.5 Å². The highest BCUT2D eigenvalue weighted by Crippen LogP contribution is 2.41. The smallest absolute Gasteiger partial charge is 0.327 e. The highest BCUT2D eigenvalue weighted by atomic mass is 16.3. The lowest BCUT2D eigenvalue weighted by molar-refractivity contribution is -0.136. The van der Waals surface area contributed by atoms with Crippen molar-refractivity contribution in [3.8, 4) is 0 Å². The number of imide groups is 1. The van der Waals surface area contributed by atoms with Crippen LogP contribution < -0.4 is 0 Å². The van der Waals surface area contributed by atoms with E-state index in [1.807, 2.05) is 27.7 Å². The first kappa shape index (κ1) is 19.9. The number of carbonyl (C=O) groups is 2. The lowest BCUT2D eigenvalue weighted by Gasteiger charge is -2.38. The molecule has 1 aromatic heterocycles. The van der Waals surface area contributed by atoms with Gasteiger partial charge in [-0.2, -0.15) is 5.10 Å². The van der Waals surface area contributed by atoms with Crippen LogP contribution in [0.25, 0.3) is 0 Å². The van der Waals surface area contributed by atoms with Gasteiger partial charge in [-0.3, -0.25) is 14.4 Å². The fourth-order valence-corrected chi connectivity index (χ4v) is 4.31. The number of hydrogen-bond donors (Lipinski definition) is 1. The SMILES string of the molecule is CN1C(=O)N(CC(O)c2cnn(C(C)(C)C)c2)C(=O)C1(C)C1CCCCC1. The molecule has 27 heavy (non-hydrogen) atoms. The summed E-state index contributed by atoms with van der Waals surface area (Å²) in [6.07, 6.45) is 7.76. The quantitative estimate of drug-likeness (QED) is 0.820. The maximum absolute atomic E-state index is 13.2. The highest BCUT2D eigenvalue weighted by Gasteiger charge is 2.56. The van der Waals surface area contributed by atoms with Crippen LogP contribution in [-0.4, -0.2) is 55.8 Å². The van der Waals surface area contributed by atoms with E-state index >= 15 is 0 Å². The number of β-amino-alcohol motifs (C(OH)–C–C–N with tert-alkyl or cyclic N) is 1. The largest absolute Gasteiger partial charge is 0.386 e. The molecule has 1 aliphatic heterocycles. The van der Waals surface area contributed by atoms with Gasteiger partial charge in [0.1, 0.15) is 11.6 Å². The molecule has 0 bridgehead atoms. The molecular weight excluding hydrogens is 344 g/mol. The van der Waals surface area contributed by atoms with E-state index in [4.69, 9.17) is 0 Å². The number of likely N-dealkylation sites (N-methyl/N-ethyl adjacent to an activating group) is 1. The lowest BCUT2D eigenvalue weighted by atomic mass is 9.75. The van der Waals surface area contributed by atoms with Crippen molar-refractivity contribution >= 4 is 11.9 Å². The molecule has 1 aromatic rings. The molecule has 0 aromatic carbocycles. The molecule has 0 radical (unpaired) electrons. The van der Waals surface area contributed by atoms with Crippen LogP contribution in [0.3, 0.4) is 0 Å². The zero-order valence-electron chi connectivity index (χ0n) is 17.1. The number of nitrogens with zero attached hydrogens (tertiary/aromatic N) is 4. The minimum Gasteiger partial charge on any atom is -0.386 e. The summed E-state index contributed by atoms with van der Waals surface area (Å²) >= 11 is 0. The third-order valence-corrected chi connectivity index (χ3v) is 6.32. The van der Waals surface area contributed by atoms with Gasteiger partial charge >= 0.3 is 6.03 Å². The molecular formula is C20H32N4O3. The van der Waals surface area contributed by atoms with Crippen molar-refractivity contribution < 1.29 is 14.7 Å². The average molecular weight is 377 g/mol. The van der Waals surface area contributed by atoms with E-state index in [-0.39, 0.29) is 29.9 Å². The number of hydrogen-bond acceptors (Lipinski definition) is 4. The summed E-state index contributed by atoms with van der Waals surface area (Å²) in [7, 11) is 1.71. The first-order valence-electron chi connectivity index (χ1n) is 9.89. The highest BCUT2D eigenvalue weighted by molar-refractivity contribution is 6.06. The van der Waals surface area contributed by atoms with Gasteiger partial charge < -0.3 is 10.0 Å². The summed E-state index contributed by atoms with van der Waals surface area (Å²) in [5.41, 5.74) is -0.399. The molecule has 2 aliphatic rings. The number of rotatable bonds is 4. The number of amides is 3. The Morgan fingerprint density at radius 3 is 2.44 bits per heavy atom. The van der Waals surface area contributed by atoms with E-state index in [2.05, 4.69) is 5.10 Å². The molecule has 2 atom stereocenters. The second-order valence-corrected chi connectivity index (χ2v) is 9.14. The predicted octanol–water partition coefficient (Wildman–Crippen LogP) is 2.90. The van der Waals surface area contributed by atoms with Crippen molar-refractivity contribution in [1.29, 1.82) is 0 Å². The number of aliphatic hydroxyl groups is 1. The van der Waals surface area contributed by atoms with Gasteiger partial charge in [0.2, 0.25) is 0 Å². The third kappa shape index (κ3) is 3.37. The maximum atomic E-state index is 13.2. The van der Waals surface area contributed by atoms with Crippen LogP contribution in [0.4, 0.5) is 4.79 Å². The van der Waals surface area contributed by atoms with Crippen LogP contribution in [-0.2, 0) is 10.3 Å². The zero-order valence-corrected chi connectivity index (χ0v) is 17.1. The fourth-order valence-electron chi connectivity index (χ4n) is 4.31. The van der Waals surface area contributed by atoms with Crippen LogP contribution in [0.15, 0.2) is 12.4 Å². The van der Waals surface area contributed by atoms with Gasteiger partial charge in [0.15, 0.2) is 0 Å². The van der Waals surface area contributed by atoms with Crippen molar-refractivity contribution in [2.45, 2.75) is 77.0 Å². The van der Waals surface area contributed by atoms with E-state index in [1.54, 1.807) is 29.0 Å². The molecule has 2 unspecified atom stereocenters. The topological polar surface area (TPSA) is 78.7 Å².